The van der Waals surface area contributed by atoms with Crippen LogP contribution in [0.2, 0.25) is 0 Å². The zero-order valence-electron chi connectivity index (χ0n) is 12.2. The van der Waals surface area contributed by atoms with Crippen LogP contribution in [0.25, 0.3) is 0 Å². The molecule has 0 aromatic heterocycles. The Morgan fingerprint density at radius 1 is 1.37 bits per heavy atom. The Morgan fingerprint density at radius 2 is 2.05 bits per heavy atom. The van der Waals surface area contributed by atoms with Crippen molar-refractivity contribution in [3.8, 4) is 0 Å². The number of allylic oxidation sites excluding steroid dienone is 1. The number of hydrogen-bond acceptors (Lipinski definition) is 3. The minimum absolute atomic E-state index is 0.00460. The molecule has 1 atom stereocenters. The lowest BCUT2D eigenvalue weighted by molar-refractivity contribution is -0.117. The molecular formula is C14H24N2O3. The number of likely N-dealkylation sites (tertiary alicyclic amines) is 1. The minimum atomic E-state index is -0.488. The average molecular weight is 268 g/mol. The van der Waals surface area contributed by atoms with E-state index in [1.807, 2.05) is 20.8 Å². The second-order valence-corrected chi connectivity index (χ2v) is 5.77. The van der Waals surface area contributed by atoms with Crippen LogP contribution in [0, 0.1) is 0 Å². The predicted molar refractivity (Wildman–Crippen MR) is 73.8 cm³/mol. The maximum atomic E-state index is 11.9. The first-order valence-corrected chi connectivity index (χ1v) is 6.73. The Morgan fingerprint density at radius 3 is 2.63 bits per heavy atom. The molecule has 5 heteroatoms. The first kappa shape index (κ1) is 15.5. The SMILES string of the molecule is C/C=C/C(=O)N[C@@H]1CCCN(C(=O)OC(C)(C)C)C1. The van der Waals surface area contributed by atoms with Crippen molar-refractivity contribution >= 4 is 12.0 Å². The topological polar surface area (TPSA) is 58.6 Å². The summed E-state index contributed by atoms with van der Waals surface area (Å²) in [6.45, 7) is 8.54. The molecule has 1 aliphatic rings. The summed E-state index contributed by atoms with van der Waals surface area (Å²) in [5.74, 6) is -0.112. The molecule has 0 aliphatic carbocycles. The molecular weight excluding hydrogens is 244 g/mol. The highest BCUT2D eigenvalue weighted by Gasteiger charge is 2.27. The molecule has 5 nitrogen and oxygen atoms in total. The number of piperidine rings is 1. The largest absolute Gasteiger partial charge is 0.444 e. The number of ether oxygens (including phenoxy) is 1. The molecule has 0 radical (unpaired) electrons. The molecule has 0 saturated carbocycles. The van der Waals surface area contributed by atoms with Gasteiger partial charge in [0.25, 0.3) is 0 Å². The number of carbonyl (C=O) groups is 2. The molecule has 1 rings (SSSR count). The highest BCUT2D eigenvalue weighted by molar-refractivity contribution is 5.87. The summed E-state index contributed by atoms with van der Waals surface area (Å²) in [6, 6.07) is 0.00460. The molecule has 0 unspecified atom stereocenters. The van der Waals surface area contributed by atoms with Gasteiger partial charge in [0, 0.05) is 19.1 Å². The highest BCUT2D eigenvalue weighted by Crippen LogP contribution is 2.15. The Hall–Kier alpha value is -1.52. The first-order valence-electron chi connectivity index (χ1n) is 6.73. The van der Waals surface area contributed by atoms with Crippen LogP contribution in [0.5, 0.6) is 0 Å². The van der Waals surface area contributed by atoms with Gasteiger partial charge in [0.1, 0.15) is 5.60 Å². The second kappa shape index (κ2) is 6.59. The lowest BCUT2D eigenvalue weighted by Crippen LogP contribution is -2.50. The summed E-state index contributed by atoms with van der Waals surface area (Å²) in [4.78, 5) is 25.1. The van der Waals surface area contributed by atoms with Gasteiger partial charge in [0.05, 0.1) is 0 Å². The Bertz CT molecular complexity index is 358. The molecule has 0 spiro atoms. The van der Waals surface area contributed by atoms with Crippen LogP contribution in [0.15, 0.2) is 12.2 Å². The molecule has 19 heavy (non-hydrogen) atoms. The standard InChI is InChI=1S/C14H24N2O3/c1-5-7-12(17)15-11-8-6-9-16(10-11)13(18)19-14(2,3)4/h5,7,11H,6,8-10H2,1-4H3,(H,15,17)/b7-5+/t11-/m1/s1. The molecule has 1 aliphatic heterocycles. The summed E-state index contributed by atoms with van der Waals surface area (Å²) in [5.41, 5.74) is -0.488. The van der Waals surface area contributed by atoms with Crippen molar-refractivity contribution in [3.05, 3.63) is 12.2 Å². The van der Waals surface area contributed by atoms with Gasteiger partial charge >= 0.3 is 6.09 Å². The third kappa shape index (κ3) is 5.77. The third-order valence-corrected chi connectivity index (χ3v) is 2.74. The third-order valence-electron chi connectivity index (χ3n) is 2.74. The monoisotopic (exact) mass is 268 g/mol. The number of carbonyl (C=O) groups excluding carboxylic acids is 2. The van der Waals surface area contributed by atoms with Crippen LogP contribution in [0.1, 0.15) is 40.5 Å². The number of amides is 2. The quantitative estimate of drug-likeness (QED) is 0.780. The first-order chi connectivity index (χ1) is 8.81. The normalized spacial score (nSPS) is 20.4. The van der Waals surface area contributed by atoms with E-state index in [-0.39, 0.29) is 18.0 Å². The van der Waals surface area contributed by atoms with Crippen molar-refractivity contribution in [2.75, 3.05) is 13.1 Å². The highest BCUT2D eigenvalue weighted by atomic mass is 16.6. The summed E-state index contributed by atoms with van der Waals surface area (Å²) < 4.78 is 5.34. The van der Waals surface area contributed by atoms with Gasteiger partial charge in [-0.15, -0.1) is 0 Å². The molecule has 1 saturated heterocycles. The maximum Gasteiger partial charge on any atom is 0.410 e. The lowest BCUT2D eigenvalue weighted by Gasteiger charge is -2.34. The van der Waals surface area contributed by atoms with Crippen molar-refractivity contribution in [3.63, 3.8) is 0 Å². The van der Waals surface area contributed by atoms with E-state index >= 15 is 0 Å². The zero-order chi connectivity index (χ0) is 14.5. The van der Waals surface area contributed by atoms with Gasteiger partial charge in [0.15, 0.2) is 0 Å². The molecule has 0 aromatic rings. The van der Waals surface area contributed by atoms with Gasteiger partial charge in [0.2, 0.25) is 5.91 Å². The van der Waals surface area contributed by atoms with E-state index in [4.69, 9.17) is 4.74 Å². The number of nitrogens with one attached hydrogen (secondary N) is 1. The molecule has 108 valence electrons. The van der Waals surface area contributed by atoms with Crippen LogP contribution in [0.3, 0.4) is 0 Å². The Labute approximate surface area is 115 Å². The van der Waals surface area contributed by atoms with E-state index in [0.717, 1.165) is 12.8 Å². The van der Waals surface area contributed by atoms with Crippen molar-refractivity contribution < 1.29 is 14.3 Å². The fraction of sp³-hybridized carbons (Fsp3) is 0.714. The van der Waals surface area contributed by atoms with Crippen molar-refractivity contribution in [1.29, 1.82) is 0 Å². The molecule has 1 heterocycles. The number of hydrogen-bond donors (Lipinski definition) is 1. The fourth-order valence-corrected chi connectivity index (χ4v) is 1.99. The van der Waals surface area contributed by atoms with Crippen molar-refractivity contribution in [2.45, 2.75) is 52.2 Å². The summed E-state index contributed by atoms with van der Waals surface area (Å²) >= 11 is 0. The van der Waals surface area contributed by atoms with Crippen LogP contribution in [-0.2, 0) is 9.53 Å². The minimum Gasteiger partial charge on any atom is -0.444 e. The lowest BCUT2D eigenvalue weighted by atomic mass is 10.1. The molecule has 1 N–H and O–H groups in total. The van der Waals surface area contributed by atoms with Crippen LogP contribution in [0.4, 0.5) is 4.79 Å². The van der Waals surface area contributed by atoms with Gasteiger partial charge in [-0.2, -0.15) is 0 Å². The van der Waals surface area contributed by atoms with E-state index < -0.39 is 5.60 Å². The van der Waals surface area contributed by atoms with E-state index in [1.165, 1.54) is 6.08 Å². The Balaban J connectivity index is 2.50. The van der Waals surface area contributed by atoms with Gasteiger partial charge in [-0.25, -0.2) is 4.79 Å². The second-order valence-electron chi connectivity index (χ2n) is 5.77. The van der Waals surface area contributed by atoms with E-state index in [9.17, 15) is 9.59 Å². The molecule has 1 fully saturated rings. The molecule has 0 aromatic carbocycles. The fourth-order valence-electron chi connectivity index (χ4n) is 1.99. The summed E-state index contributed by atoms with van der Waals surface area (Å²) in [7, 11) is 0. The molecule has 2 amide bonds. The van der Waals surface area contributed by atoms with Gasteiger partial charge in [-0.3, -0.25) is 4.79 Å². The van der Waals surface area contributed by atoms with Crippen LogP contribution < -0.4 is 5.32 Å². The average Bonchev–Trinajstić information content (AvgIpc) is 2.27. The zero-order valence-corrected chi connectivity index (χ0v) is 12.2. The number of nitrogens with zero attached hydrogens (tertiary/aromatic N) is 1. The van der Waals surface area contributed by atoms with Crippen molar-refractivity contribution in [1.82, 2.24) is 10.2 Å². The van der Waals surface area contributed by atoms with E-state index in [1.54, 1.807) is 17.9 Å². The van der Waals surface area contributed by atoms with E-state index in [0.29, 0.717) is 13.1 Å². The predicted octanol–water partition coefficient (Wildman–Crippen LogP) is 2.08. The van der Waals surface area contributed by atoms with Crippen LogP contribution in [-0.4, -0.2) is 41.6 Å². The Kier molecular flexibility index (Phi) is 5.39. The summed E-state index contributed by atoms with van der Waals surface area (Å²) in [6.07, 6.45) is 4.65. The van der Waals surface area contributed by atoms with Gasteiger partial charge in [-0.05, 0) is 46.6 Å². The summed E-state index contributed by atoms with van der Waals surface area (Å²) in [5, 5.41) is 2.89. The van der Waals surface area contributed by atoms with Crippen molar-refractivity contribution in [2.24, 2.45) is 0 Å². The van der Waals surface area contributed by atoms with Crippen LogP contribution >= 0.6 is 0 Å². The van der Waals surface area contributed by atoms with E-state index in [2.05, 4.69) is 5.32 Å². The maximum absolute atomic E-state index is 11.9. The number of rotatable bonds is 2. The van der Waals surface area contributed by atoms with Gasteiger partial charge < -0.3 is 15.0 Å². The molecule has 0 bridgehead atoms. The van der Waals surface area contributed by atoms with Gasteiger partial charge in [-0.1, -0.05) is 6.08 Å². The smallest absolute Gasteiger partial charge is 0.410 e.